The van der Waals surface area contributed by atoms with Crippen LogP contribution in [0, 0.1) is 11.6 Å². The van der Waals surface area contributed by atoms with Gasteiger partial charge in [-0.2, -0.15) is 0 Å². The van der Waals surface area contributed by atoms with Gasteiger partial charge >= 0.3 is 0 Å². The van der Waals surface area contributed by atoms with E-state index in [9.17, 15) is 13.6 Å². The van der Waals surface area contributed by atoms with Crippen LogP contribution in [-0.2, 0) is 0 Å². The Labute approximate surface area is 117 Å². The summed E-state index contributed by atoms with van der Waals surface area (Å²) in [6.45, 7) is -0.358. The number of hydrogen-bond donors (Lipinski definition) is 0. The molecular formula is C14H9BrF2O2. The van der Waals surface area contributed by atoms with E-state index in [0.717, 1.165) is 18.2 Å². The minimum atomic E-state index is -0.762. The molecule has 0 aliphatic rings. The normalized spacial score (nSPS) is 10.3. The molecule has 0 radical (unpaired) electrons. The monoisotopic (exact) mass is 326 g/mol. The molecule has 0 amide bonds. The van der Waals surface area contributed by atoms with Crippen molar-refractivity contribution in [2.45, 2.75) is 0 Å². The highest BCUT2D eigenvalue weighted by atomic mass is 79.9. The van der Waals surface area contributed by atoms with Crippen molar-refractivity contribution < 1.29 is 18.3 Å². The van der Waals surface area contributed by atoms with Gasteiger partial charge in [0.2, 0.25) is 5.78 Å². The molecule has 0 saturated heterocycles. The molecule has 0 aliphatic carbocycles. The molecule has 2 aromatic rings. The largest absolute Gasteiger partial charge is 0.484 e. The van der Waals surface area contributed by atoms with Crippen molar-refractivity contribution in [3.05, 3.63) is 64.1 Å². The second-order valence-electron chi connectivity index (χ2n) is 3.77. The van der Waals surface area contributed by atoms with E-state index in [4.69, 9.17) is 4.74 Å². The van der Waals surface area contributed by atoms with Crippen molar-refractivity contribution in [2.75, 3.05) is 6.61 Å². The van der Waals surface area contributed by atoms with E-state index in [2.05, 4.69) is 15.9 Å². The van der Waals surface area contributed by atoms with Gasteiger partial charge in [0, 0.05) is 0 Å². The fraction of sp³-hybridized carbons (Fsp3) is 0.0714. The molecule has 2 nitrogen and oxygen atoms in total. The molecule has 0 spiro atoms. The fourth-order valence-electron chi connectivity index (χ4n) is 1.49. The van der Waals surface area contributed by atoms with E-state index in [1.54, 1.807) is 24.3 Å². The van der Waals surface area contributed by atoms with E-state index in [-0.39, 0.29) is 12.2 Å². The quantitative estimate of drug-likeness (QED) is 0.794. The Balaban J connectivity index is 2.10. The molecule has 2 rings (SSSR count). The molecule has 0 atom stereocenters. The number of para-hydroxylation sites is 1. The van der Waals surface area contributed by atoms with Crippen LogP contribution in [0.25, 0.3) is 0 Å². The Bertz CT molecular complexity index is 614. The standard InChI is InChI=1S/C14H9BrF2O2/c15-11-3-1-2-4-14(11)19-8-13(18)10-7-9(16)5-6-12(10)17/h1-7H,8H2. The van der Waals surface area contributed by atoms with Gasteiger partial charge in [0.15, 0.2) is 6.61 Å². The van der Waals surface area contributed by atoms with Gasteiger partial charge in [0.05, 0.1) is 10.0 Å². The number of benzene rings is 2. The van der Waals surface area contributed by atoms with Gasteiger partial charge in [-0.1, -0.05) is 12.1 Å². The molecule has 0 aromatic heterocycles. The zero-order valence-corrected chi connectivity index (χ0v) is 11.3. The minimum absolute atomic E-state index is 0.313. The fourth-order valence-corrected chi connectivity index (χ4v) is 1.89. The van der Waals surface area contributed by atoms with Crippen LogP contribution in [0.5, 0.6) is 5.75 Å². The molecular weight excluding hydrogens is 318 g/mol. The summed E-state index contributed by atoms with van der Waals surface area (Å²) in [5, 5.41) is 0. The van der Waals surface area contributed by atoms with Crippen molar-refractivity contribution in [1.29, 1.82) is 0 Å². The van der Waals surface area contributed by atoms with Gasteiger partial charge in [-0.05, 0) is 46.3 Å². The minimum Gasteiger partial charge on any atom is -0.484 e. The third-order valence-corrected chi connectivity index (χ3v) is 3.08. The average molecular weight is 327 g/mol. The van der Waals surface area contributed by atoms with Crippen LogP contribution >= 0.6 is 15.9 Å². The third kappa shape index (κ3) is 3.38. The van der Waals surface area contributed by atoms with Gasteiger partial charge in [-0.25, -0.2) is 8.78 Å². The lowest BCUT2D eigenvalue weighted by Gasteiger charge is -2.07. The Morgan fingerprint density at radius 1 is 1.16 bits per heavy atom. The zero-order valence-electron chi connectivity index (χ0n) is 9.70. The van der Waals surface area contributed by atoms with Crippen LogP contribution < -0.4 is 4.74 Å². The van der Waals surface area contributed by atoms with Crippen LogP contribution in [-0.4, -0.2) is 12.4 Å². The molecule has 0 aliphatic heterocycles. The summed E-state index contributed by atoms with van der Waals surface area (Å²) in [6.07, 6.45) is 0. The molecule has 0 unspecified atom stereocenters. The topological polar surface area (TPSA) is 26.3 Å². The predicted octanol–water partition coefficient (Wildman–Crippen LogP) is 3.99. The first-order valence-corrected chi connectivity index (χ1v) is 6.23. The highest BCUT2D eigenvalue weighted by Crippen LogP contribution is 2.24. The zero-order chi connectivity index (χ0) is 13.8. The highest BCUT2D eigenvalue weighted by Gasteiger charge is 2.14. The molecule has 0 heterocycles. The van der Waals surface area contributed by atoms with E-state index in [1.807, 2.05) is 0 Å². The summed E-state index contributed by atoms with van der Waals surface area (Å²) in [6, 6.07) is 9.70. The summed E-state index contributed by atoms with van der Waals surface area (Å²) in [5.74, 6) is -1.58. The number of ether oxygens (including phenoxy) is 1. The molecule has 98 valence electrons. The number of halogens is 3. The molecule has 0 bridgehead atoms. The van der Waals surface area contributed by atoms with Gasteiger partial charge in [-0.3, -0.25) is 4.79 Å². The maximum atomic E-state index is 13.4. The molecule has 0 N–H and O–H groups in total. The van der Waals surface area contributed by atoms with Crippen LogP contribution in [0.3, 0.4) is 0 Å². The maximum Gasteiger partial charge on any atom is 0.203 e. The van der Waals surface area contributed by atoms with Crippen molar-refractivity contribution >= 4 is 21.7 Å². The van der Waals surface area contributed by atoms with E-state index >= 15 is 0 Å². The summed E-state index contributed by atoms with van der Waals surface area (Å²) >= 11 is 3.26. The average Bonchev–Trinajstić information content (AvgIpc) is 2.40. The molecule has 2 aromatic carbocycles. The van der Waals surface area contributed by atoms with Gasteiger partial charge in [-0.15, -0.1) is 0 Å². The van der Waals surface area contributed by atoms with Gasteiger partial charge in [0.1, 0.15) is 17.4 Å². The van der Waals surface area contributed by atoms with E-state index in [0.29, 0.717) is 10.2 Å². The Morgan fingerprint density at radius 3 is 2.63 bits per heavy atom. The van der Waals surface area contributed by atoms with E-state index < -0.39 is 17.4 Å². The first-order chi connectivity index (χ1) is 9.08. The second kappa shape index (κ2) is 5.93. The molecule has 5 heteroatoms. The van der Waals surface area contributed by atoms with Crippen LogP contribution in [0.2, 0.25) is 0 Å². The third-order valence-electron chi connectivity index (χ3n) is 2.42. The molecule has 0 fully saturated rings. The lowest BCUT2D eigenvalue weighted by Crippen LogP contribution is -2.13. The smallest absolute Gasteiger partial charge is 0.203 e. The number of ketones is 1. The Morgan fingerprint density at radius 2 is 1.89 bits per heavy atom. The van der Waals surface area contributed by atoms with Crippen LogP contribution in [0.15, 0.2) is 46.9 Å². The Kier molecular flexibility index (Phi) is 4.27. The van der Waals surface area contributed by atoms with Crippen molar-refractivity contribution in [3.8, 4) is 5.75 Å². The summed E-state index contributed by atoms with van der Waals surface area (Å²) in [4.78, 5) is 11.8. The van der Waals surface area contributed by atoms with E-state index in [1.165, 1.54) is 0 Å². The highest BCUT2D eigenvalue weighted by molar-refractivity contribution is 9.10. The van der Waals surface area contributed by atoms with Crippen molar-refractivity contribution in [1.82, 2.24) is 0 Å². The van der Waals surface area contributed by atoms with Crippen molar-refractivity contribution in [3.63, 3.8) is 0 Å². The molecule has 0 saturated carbocycles. The van der Waals surface area contributed by atoms with Gasteiger partial charge in [0.25, 0.3) is 0 Å². The number of rotatable bonds is 4. The Hall–Kier alpha value is -1.75. The number of hydrogen-bond acceptors (Lipinski definition) is 2. The summed E-state index contributed by atoms with van der Waals surface area (Å²) in [5.41, 5.74) is -0.313. The lowest BCUT2D eigenvalue weighted by molar-refractivity contribution is 0.0916. The number of Topliss-reactive ketones (excluding diaryl/α,β-unsaturated/α-hetero) is 1. The summed E-state index contributed by atoms with van der Waals surface area (Å²) < 4.78 is 32.3. The molecule has 19 heavy (non-hydrogen) atoms. The first kappa shape index (κ1) is 13.7. The predicted molar refractivity (Wildman–Crippen MR) is 70.3 cm³/mol. The van der Waals surface area contributed by atoms with Crippen LogP contribution in [0.4, 0.5) is 8.78 Å². The summed E-state index contributed by atoms with van der Waals surface area (Å²) in [7, 11) is 0. The lowest BCUT2D eigenvalue weighted by atomic mass is 10.1. The maximum absolute atomic E-state index is 13.4. The van der Waals surface area contributed by atoms with Crippen LogP contribution in [0.1, 0.15) is 10.4 Å². The first-order valence-electron chi connectivity index (χ1n) is 5.43. The SMILES string of the molecule is O=C(COc1ccccc1Br)c1cc(F)ccc1F. The number of carbonyl (C=O) groups is 1. The second-order valence-corrected chi connectivity index (χ2v) is 4.62. The van der Waals surface area contributed by atoms with Gasteiger partial charge < -0.3 is 4.74 Å². The number of carbonyl (C=O) groups excluding carboxylic acids is 1. The van der Waals surface area contributed by atoms with Crippen molar-refractivity contribution in [2.24, 2.45) is 0 Å².